The van der Waals surface area contributed by atoms with Gasteiger partial charge in [-0.2, -0.15) is 0 Å². The van der Waals surface area contributed by atoms with E-state index in [1.807, 2.05) is 0 Å². The molecule has 0 spiro atoms. The van der Waals surface area contributed by atoms with Gasteiger partial charge in [-0.25, -0.2) is 0 Å². The van der Waals surface area contributed by atoms with Crippen molar-refractivity contribution in [1.29, 1.82) is 0 Å². The zero-order chi connectivity index (χ0) is 21.4. The lowest BCUT2D eigenvalue weighted by Crippen LogP contribution is -2.53. The number of aliphatic hydroxyl groups is 3. The zero-order valence-electron chi connectivity index (χ0n) is 19.7. The fraction of sp³-hybridized carbons (Fsp3) is 1.00. The lowest BCUT2D eigenvalue weighted by molar-refractivity contribution is -0.116. The molecular formula is C27H48O3. The first-order valence-corrected chi connectivity index (χ1v) is 13.3. The van der Waals surface area contributed by atoms with Crippen LogP contribution < -0.4 is 0 Å². The summed E-state index contributed by atoms with van der Waals surface area (Å²) < 4.78 is 0. The molecule has 4 rings (SSSR count). The summed E-state index contributed by atoms with van der Waals surface area (Å²) in [7, 11) is 0. The normalized spacial score (nSPS) is 44.4. The molecule has 8 atom stereocenters. The van der Waals surface area contributed by atoms with Gasteiger partial charge in [-0.15, -0.1) is 0 Å². The Morgan fingerprint density at radius 2 is 1.50 bits per heavy atom. The van der Waals surface area contributed by atoms with Crippen LogP contribution in [0.1, 0.15) is 97.3 Å². The lowest BCUT2D eigenvalue weighted by atomic mass is 9.44. The van der Waals surface area contributed by atoms with E-state index in [9.17, 15) is 15.3 Å². The van der Waals surface area contributed by atoms with Gasteiger partial charge in [0.1, 0.15) is 0 Å². The van der Waals surface area contributed by atoms with Gasteiger partial charge in [0.05, 0.1) is 0 Å². The summed E-state index contributed by atoms with van der Waals surface area (Å²) in [6, 6.07) is 0. The Morgan fingerprint density at radius 3 is 2.23 bits per heavy atom. The fourth-order valence-corrected chi connectivity index (χ4v) is 9.44. The van der Waals surface area contributed by atoms with E-state index in [-0.39, 0.29) is 19.1 Å². The highest BCUT2D eigenvalue weighted by atomic mass is 16.3. The van der Waals surface area contributed by atoms with Gasteiger partial charge < -0.3 is 15.3 Å². The van der Waals surface area contributed by atoms with Crippen LogP contribution in [0.3, 0.4) is 0 Å². The van der Waals surface area contributed by atoms with E-state index in [4.69, 9.17) is 0 Å². The van der Waals surface area contributed by atoms with Gasteiger partial charge >= 0.3 is 0 Å². The molecule has 0 bridgehead atoms. The summed E-state index contributed by atoms with van der Waals surface area (Å²) in [4.78, 5) is 0. The van der Waals surface area contributed by atoms with Crippen molar-refractivity contribution in [1.82, 2.24) is 0 Å². The predicted octanol–water partition coefficient (Wildman–Crippen LogP) is 5.42. The number of fused-ring (bicyclic) bond motifs is 5. The first-order valence-electron chi connectivity index (χ1n) is 13.3. The Kier molecular flexibility index (Phi) is 7.22. The molecule has 0 aromatic rings. The second-order valence-corrected chi connectivity index (χ2v) is 12.2. The molecule has 4 saturated carbocycles. The molecule has 3 N–H and O–H groups in total. The van der Waals surface area contributed by atoms with E-state index >= 15 is 0 Å². The quantitative estimate of drug-likeness (QED) is 0.492. The molecule has 1 unspecified atom stereocenters. The van der Waals surface area contributed by atoms with Crippen LogP contribution in [0.4, 0.5) is 0 Å². The van der Waals surface area contributed by atoms with E-state index in [1.54, 1.807) is 0 Å². The highest BCUT2D eigenvalue weighted by molar-refractivity contribution is 5.09. The highest BCUT2D eigenvalue weighted by Crippen LogP contribution is 2.68. The predicted molar refractivity (Wildman–Crippen MR) is 122 cm³/mol. The van der Waals surface area contributed by atoms with Gasteiger partial charge in [-0.1, -0.05) is 33.1 Å². The van der Waals surface area contributed by atoms with E-state index in [1.165, 1.54) is 64.2 Å². The number of rotatable bonds is 8. The summed E-state index contributed by atoms with van der Waals surface area (Å²) in [5, 5.41) is 29.0. The van der Waals surface area contributed by atoms with Crippen molar-refractivity contribution in [3.8, 4) is 0 Å². The molecule has 0 aromatic heterocycles. The molecule has 4 fully saturated rings. The third-order valence-corrected chi connectivity index (χ3v) is 11.2. The van der Waals surface area contributed by atoms with Crippen LogP contribution in [0.15, 0.2) is 0 Å². The maximum Gasteiger partial charge on any atom is 0.0481 e. The van der Waals surface area contributed by atoms with Crippen LogP contribution in [0.25, 0.3) is 0 Å². The average Bonchev–Trinajstić information content (AvgIpc) is 3.11. The minimum Gasteiger partial charge on any atom is -0.396 e. The van der Waals surface area contributed by atoms with Crippen LogP contribution in [0.2, 0.25) is 0 Å². The maximum absolute atomic E-state index is 10.3. The molecule has 0 amide bonds. The van der Waals surface area contributed by atoms with E-state index in [2.05, 4.69) is 13.8 Å². The van der Waals surface area contributed by atoms with Crippen molar-refractivity contribution in [2.24, 2.45) is 52.3 Å². The van der Waals surface area contributed by atoms with Gasteiger partial charge in [0.15, 0.2) is 0 Å². The maximum atomic E-state index is 10.3. The van der Waals surface area contributed by atoms with Crippen molar-refractivity contribution in [3.63, 3.8) is 0 Å². The lowest BCUT2D eigenvalue weighted by Gasteiger charge is -2.61. The zero-order valence-corrected chi connectivity index (χ0v) is 19.7. The molecule has 0 radical (unpaired) electrons. The smallest absolute Gasteiger partial charge is 0.0481 e. The Morgan fingerprint density at radius 1 is 0.733 bits per heavy atom. The Hall–Kier alpha value is -0.120. The Balaban J connectivity index is 1.44. The van der Waals surface area contributed by atoms with Crippen molar-refractivity contribution >= 4 is 0 Å². The van der Waals surface area contributed by atoms with Crippen LogP contribution in [0.5, 0.6) is 0 Å². The topological polar surface area (TPSA) is 60.7 Å². The third-order valence-electron chi connectivity index (χ3n) is 11.2. The molecule has 0 saturated heterocycles. The Labute approximate surface area is 185 Å². The van der Waals surface area contributed by atoms with Crippen LogP contribution in [-0.2, 0) is 0 Å². The van der Waals surface area contributed by atoms with Crippen LogP contribution in [0, 0.1) is 52.3 Å². The van der Waals surface area contributed by atoms with Crippen molar-refractivity contribution in [2.75, 3.05) is 19.8 Å². The van der Waals surface area contributed by atoms with Crippen LogP contribution >= 0.6 is 0 Å². The molecular weight excluding hydrogens is 372 g/mol. The van der Waals surface area contributed by atoms with E-state index < -0.39 is 0 Å². The minimum atomic E-state index is 0.0121. The summed E-state index contributed by atoms with van der Waals surface area (Å²) in [6.07, 6.45) is 17.3. The molecule has 0 aromatic carbocycles. The summed E-state index contributed by atoms with van der Waals surface area (Å²) in [6.45, 7) is 5.72. The van der Waals surface area contributed by atoms with Gasteiger partial charge in [-0.05, 0) is 111 Å². The van der Waals surface area contributed by atoms with Crippen molar-refractivity contribution in [3.05, 3.63) is 0 Å². The monoisotopic (exact) mass is 420 g/mol. The van der Waals surface area contributed by atoms with Gasteiger partial charge in [0.2, 0.25) is 0 Å². The van der Waals surface area contributed by atoms with E-state index in [0.717, 1.165) is 42.9 Å². The largest absolute Gasteiger partial charge is 0.396 e. The average molecular weight is 421 g/mol. The van der Waals surface area contributed by atoms with Crippen molar-refractivity contribution < 1.29 is 15.3 Å². The van der Waals surface area contributed by atoms with Gasteiger partial charge in [0, 0.05) is 25.7 Å². The second kappa shape index (κ2) is 9.40. The van der Waals surface area contributed by atoms with Gasteiger partial charge in [0.25, 0.3) is 0 Å². The number of aliphatic hydroxyl groups excluding tert-OH is 3. The molecule has 30 heavy (non-hydrogen) atoms. The minimum absolute atomic E-state index is 0.0121. The molecule has 3 nitrogen and oxygen atoms in total. The first-order chi connectivity index (χ1) is 14.5. The highest BCUT2D eigenvalue weighted by Gasteiger charge is 2.60. The second-order valence-electron chi connectivity index (χ2n) is 12.2. The number of hydrogen-bond acceptors (Lipinski definition) is 3. The van der Waals surface area contributed by atoms with Crippen LogP contribution in [-0.4, -0.2) is 35.1 Å². The number of hydrogen-bond donors (Lipinski definition) is 3. The molecule has 0 heterocycles. The first kappa shape index (κ1) is 23.1. The molecule has 3 heteroatoms. The third kappa shape index (κ3) is 3.90. The summed E-state index contributed by atoms with van der Waals surface area (Å²) in [5.41, 5.74) is 1.03. The molecule has 174 valence electrons. The SMILES string of the molecule is C[C@]12CC[C@H]3[C@@H](CCC4CCCC[C@@]43C)[C@@H]1CC[C@@H]2[C@H](CO)CCCC(CO)CO. The van der Waals surface area contributed by atoms with Crippen molar-refractivity contribution in [2.45, 2.75) is 97.3 Å². The molecule has 4 aliphatic carbocycles. The van der Waals surface area contributed by atoms with E-state index in [0.29, 0.717) is 29.3 Å². The summed E-state index contributed by atoms with van der Waals surface area (Å²) in [5.74, 6) is 4.82. The van der Waals surface area contributed by atoms with Gasteiger partial charge in [-0.3, -0.25) is 0 Å². The Bertz CT molecular complexity index is 560. The fourth-order valence-electron chi connectivity index (χ4n) is 9.44. The summed E-state index contributed by atoms with van der Waals surface area (Å²) >= 11 is 0. The molecule has 0 aliphatic heterocycles. The standard InChI is InChI=1S/C27H48O3/c1-26-14-4-3-8-21(26)9-10-22-24-12-11-23(27(24,2)15-13-25(22)26)20(18-30)7-5-6-19(16-28)17-29/h19-25,28-30H,3-18H2,1-2H3/t20-,21?,22-,23+,24-,25-,26-,27+/m0/s1. The molecule has 4 aliphatic rings.